The van der Waals surface area contributed by atoms with E-state index in [-0.39, 0.29) is 5.91 Å². The second-order valence-corrected chi connectivity index (χ2v) is 4.16. The smallest absolute Gasteiger partial charge is 0.256 e. The van der Waals surface area contributed by atoms with Gasteiger partial charge in [-0.05, 0) is 31.5 Å². The first-order valence-electron chi connectivity index (χ1n) is 5.63. The molecule has 0 aromatic heterocycles. The van der Waals surface area contributed by atoms with Gasteiger partial charge < -0.3 is 15.8 Å². The van der Waals surface area contributed by atoms with Crippen molar-refractivity contribution in [3.05, 3.63) is 23.8 Å². The highest BCUT2D eigenvalue weighted by molar-refractivity contribution is 5.99. The van der Waals surface area contributed by atoms with Gasteiger partial charge in [0.05, 0.1) is 23.0 Å². The number of amides is 1. The predicted octanol–water partition coefficient (Wildman–Crippen LogP) is 1.89. The molecule has 5 heteroatoms. The lowest BCUT2D eigenvalue weighted by molar-refractivity contribution is -0.136. The largest absolute Gasteiger partial charge is 0.397 e. The third-order valence-corrected chi connectivity index (χ3v) is 3.03. The number of ether oxygens (including phenoxy) is 1. The van der Waals surface area contributed by atoms with E-state index in [1.54, 1.807) is 19.1 Å². The second kappa shape index (κ2) is 5.52. The normalized spacial score (nSPS) is 13.4. The van der Waals surface area contributed by atoms with Crippen LogP contribution in [0.4, 0.5) is 11.4 Å². The number of carbonyl (C=O) groups is 1. The predicted molar refractivity (Wildman–Crippen MR) is 69.9 cm³/mol. The van der Waals surface area contributed by atoms with Crippen molar-refractivity contribution in [1.82, 2.24) is 0 Å². The molecule has 0 aliphatic carbocycles. The van der Waals surface area contributed by atoms with Crippen molar-refractivity contribution in [2.24, 2.45) is 0 Å². The van der Waals surface area contributed by atoms with Gasteiger partial charge >= 0.3 is 0 Å². The van der Waals surface area contributed by atoms with Crippen molar-refractivity contribution in [2.75, 3.05) is 18.2 Å². The van der Waals surface area contributed by atoms with Crippen LogP contribution >= 0.6 is 0 Å². The molecule has 0 spiro atoms. The van der Waals surface area contributed by atoms with Gasteiger partial charge in [-0.15, -0.1) is 0 Å². The van der Waals surface area contributed by atoms with Crippen LogP contribution in [-0.4, -0.2) is 18.6 Å². The van der Waals surface area contributed by atoms with Gasteiger partial charge in [0.2, 0.25) is 0 Å². The molecule has 0 heterocycles. The SMILES string of the molecule is CCC(C)(OC)C(=O)Nc1ccc(C#N)cc1N. The highest BCUT2D eigenvalue weighted by Crippen LogP contribution is 2.23. The number of hydrogen-bond acceptors (Lipinski definition) is 4. The van der Waals surface area contributed by atoms with Gasteiger partial charge in [-0.25, -0.2) is 0 Å². The minimum Gasteiger partial charge on any atom is -0.397 e. The first-order valence-corrected chi connectivity index (χ1v) is 5.63. The molecule has 0 bridgehead atoms. The fourth-order valence-electron chi connectivity index (χ4n) is 1.40. The molecule has 1 rings (SSSR count). The molecule has 18 heavy (non-hydrogen) atoms. The standard InChI is InChI=1S/C13H17N3O2/c1-4-13(2,18-3)12(17)16-11-6-5-9(8-14)7-10(11)15/h5-7H,4,15H2,1-3H3,(H,16,17). The lowest BCUT2D eigenvalue weighted by atomic mass is 10.0. The average molecular weight is 247 g/mol. The summed E-state index contributed by atoms with van der Waals surface area (Å²) in [6, 6.07) is 6.71. The van der Waals surface area contributed by atoms with Crippen LogP contribution in [0.2, 0.25) is 0 Å². The molecule has 0 fully saturated rings. The van der Waals surface area contributed by atoms with Crippen molar-refractivity contribution < 1.29 is 9.53 Å². The summed E-state index contributed by atoms with van der Waals surface area (Å²) >= 11 is 0. The minimum absolute atomic E-state index is 0.260. The van der Waals surface area contributed by atoms with Crippen molar-refractivity contribution in [3.63, 3.8) is 0 Å². The lowest BCUT2D eigenvalue weighted by Crippen LogP contribution is -2.41. The zero-order chi connectivity index (χ0) is 13.8. The molecule has 0 saturated heterocycles. The van der Waals surface area contributed by atoms with Crippen LogP contribution in [-0.2, 0) is 9.53 Å². The van der Waals surface area contributed by atoms with E-state index in [4.69, 9.17) is 15.7 Å². The molecule has 96 valence electrons. The fraction of sp³-hybridized carbons (Fsp3) is 0.385. The summed E-state index contributed by atoms with van der Waals surface area (Å²) in [4.78, 5) is 12.0. The zero-order valence-corrected chi connectivity index (χ0v) is 10.8. The number of nitrogens with zero attached hydrogens (tertiary/aromatic N) is 1. The molecule has 1 amide bonds. The summed E-state index contributed by atoms with van der Waals surface area (Å²) in [6.45, 7) is 3.58. The van der Waals surface area contributed by atoms with Crippen LogP contribution in [0.5, 0.6) is 0 Å². The van der Waals surface area contributed by atoms with Crippen LogP contribution in [0.3, 0.4) is 0 Å². The van der Waals surface area contributed by atoms with Gasteiger partial charge in [0.25, 0.3) is 5.91 Å². The summed E-state index contributed by atoms with van der Waals surface area (Å²) in [7, 11) is 1.49. The van der Waals surface area contributed by atoms with Crippen LogP contribution in [0.15, 0.2) is 18.2 Å². The Morgan fingerprint density at radius 1 is 1.61 bits per heavy atom. The molecule has 3 N–H and O–H groups in total. The van der Waals surface area contributed by atoms with Crippen LogP contribution in [0, 0.1) is 11.3 Å². The molecule has 1 atom stereocenters. The van der Waals surface area contributed by atoms with Gasteiger partial charge in [-0.1, -0.05) is 6.92 Å². The average Bonchev–Trinajstić information content (AvgIpc) is 2.39. The van der Waals surface area contributed by atoms with Crippen molar-refractivity contribution >= 4 is 17.3 Å². The van der Waals surface area contributed by atoms with E-state index in [9.17, 15) is 4.79 Å². The Hall–Kier alpha value is -2.06. The van der Waals surface area contributed by atoms with Crippen LogP contribution < -0.4 is 11.1 Å². The van der Waals surface area contributed by atoms with Gasteiger partial charge in [0.1, 0.15) is 5.60 Å². The maximum Gasteiger partial charge on any atom is 0.256 e. The molecule has 0 saturated carbocycles. The van der Waals surface area contributed by atoms with Gasteiger partial charge in [-0.3, -0.25) is 4.79 Å². The van der Waals surface area contributed by atoms with Crippen LogP contribution in [0.25, 0.3) is 0 Å². The van der Waals surface area contributed by atoms with E-state index in [0.29, 0.717) is 23.4 Å². The van der Waals surface area contributed by atoms with E-state index < -0.39 is 5.60 Å². The number of anilines is 2. The summed E-state index contributed by atoms with van der Waals surface area (Å²) in [6.07, 6.45) is 0.547. The number of methoxy groups -OCH3 is 1. The molecular weight excluding hydrogens is 230 g/mol. The molecule has 5 nitrogen and oxygen atoms in total. The molecule has 1 aromatic carbocycles. The number of nitrogens with one attached hydrogen (secondary N) is 1. The lowest BCUT2D eigenvalue weighted by Gasteiger charge is -2.25. The van der Waals surface area contributed by atoms with E-state index in [1.807, 2.05) is 13.0 Å². The van der Waals surface area contributed by atoms with E-state index in [1.165, 1.54) is 13.2 Å². The molecular formula is C13H17N3O2. The Morgan fingerprint density at radius 3 is 2.72 bits per heavy atom. The fourth-order valence-corrected chi connectivity index (χ4v) is 1.40. The van der Waals surface area contributed by atoms with E-state index in [2.05, 4.69) is 5.32 Å². The molecule has 1 unspecified atom stereocenters. The zero-order valence-electron chi connectivity index (χ0n) is 10.8. The molecule has 0 aliphatic heterocycles. The van der Waals surface area contributed by atoms with E-state index in [0.717, 1.165) is 0 Å². The quantitative estimate of drug-likeness (QED) is 0.795. The van der Waals surface area contributed by atoms with Gasteiger partial charge in [0.15, 0.2) is 0 Å². The number of hydrogen-bond donors (Lipinski definition) is 2. The number of carbonyl (C=O) groups excluding carboxylic acids is 1. The summed E-state index contributed by atoms with van der Waals surface area (Å²) in [5.41, 5.74) is 6.17. The summed E-state index contributed by atoms with van der Waals surface area (Å²) in [5, 5.41) is 11.4. The third-order valence-electron chi connectivity index (χ3n) is 3.03. The first kappa shape index (κ1) is 14.0. The molecule has 0 radical (unpaired) electrons. The number of nitriles is 1. The number of nitrogen functional groups attached to an aromatic ring is 1. The Bertz CT molecular complexity index is 487. The van der Waals surface area contributed by atoms with E-state index >= 15 is 0 Å². The monoisotopic (exact) mass is 247 g/mol. The number of nitrogens with two attached hydrogens (primary N) is 1. The Balaban J connectivity index is 2.92. The first-order chi connectivity index (χ1) is 8.46. The van der Waals surface area contributed by atoms with Crippen molar-refractivity contribution in [1.29, 1.82) is 5.26 Å². The van der Waals surface area contributed by atoms with Crippen LogP contribution in [0.1, 0.15) is 25.8 Å². The highest BCUT2D eigenvalue weighted by Gasteiger charge is 2.31. The molecule has 1 aromatic rings. The Labute approximate surface area is 107 Å². The summed E-state index contributed by atoms with van der Waals surface area (Å²) in [5.74, 6) is -0.260. The summed E-state index contributed by atoms with van der Waals surface area (Å²) < 4.78 is 5.20. The van der Waals surface area contributed by atoms with Crippen molar-refractivity contribution in [3.8, 4) is 6.07 Å². The maximum absolute atomic E-state index is 12.0. The van der Waals surface area contributed by atoms with Gasteiger partial charge in [-0.2, -0.15) is 5.26 Å². The Kier molecular flexibility index (Phi) is 4.29. The van der Waals surface area contributed by atoms with Crippen molar-refractivity contribution in [2.45, 2.75) is 25.9 Å². The molecule has 0 aliphatic rings. The second-order valence-electron chi connectivity index (χ2n) is 4.16. The van der Waals surface area contributed by atoms with Gasteiger partial charge in [0, 0.05) is 7.11 Å². The minimum atomic E-state index is -0.889. The number of rotatable bonds is 4. The maximum atomic E-state index is 12.0. The Morgan fingerprint density at radius 2 is 2.28 bits per heavy atom. The third kappa shape index (κ3) is 2.79. The topological polar surface area (TPSA) is 88.1 Å². The number of benzene rings is 1. The highest BCUT2D eigenvalue weighted by atomic mass is 16.5.